The lowest BCUT2D eigenvalue weighted by Gasteiger charge is -2.46. The molecule has 0 aliphatic carbocycles. The van der Waals surface area contributed by atoms with Crippen LogP contribution in [0.2, 0.25) is 0 Å². The first-order valence-corrected chi connectivity index (χ1v) is 8.57. The third-order valence-electron chi connectivity index (χ3n) is 4.33. The first kappa shape index (κ1) is 19.2. The van der Waals surface area contributed by atoms with Gasteiger partial charge >= 0.3 is 11.8 Å². The average molecular weight is 347 g/mol. The maximum absolute atomic E-state index is 12.3. The average Bonchev–Trinajstić information content (AvgIpc) is 2.43. The molecule has 0 unspecified atom stereocenters. The van der Waals surface area contributed by atoms with E-state index in [2.05, 4.69) is 43.6 Å². The van der Waals surface area contributed by atoms with E-state index >= 15 is 0 Å². The van der Waals surface area contributed by atoms with Gasteiger partial charge in [0, 0.05) is 17.1 Å². The van der Waals surface area contributed by atoms with Gasteiger partial charge in [0.05, 0.1) is 12.8 Å². The number of amides is 2. The van der Waals surface area contributed by atoms with Crippen molar-refractivity contribution in [2.75, 3.05) is 12.4 Å². The molecule has 1 aliphatic rings. The molecule has 1 fully saturated rings. The zero-order chi connectivity index (χ0) is 18.8. The van der Waals surface area contributed by atoms with Crippen molar-refractivity contribution in [1.82, 2.24) is 10.6 Å². The highest BCUT2D eigenvalue weighted by molar-refractivity contribution is 6.39. The van der Waals surface area contributed by atoms with Crippen molar-refractivity contribution in [1.29, 1.82) is 0 Å². The number of anilines is 1. The Morgan fingerprint density at radius 2 is 1.72 bits per heavy atom. The predicted molar refractivity (Wildman–Crippen MR) is 98.8 cm³/mol. The van der Waals surface area contributed by atoms with Crippen LogP contribution in [-0.2, 0) is 9.59 Å². The zero-order valence-corrected chi connectivity index (χ0v) is 15.9. The maximum Gasteiger partial charge on any atom is 0.313 e. The Labute approximate surface area is 149 Å². The Kier molecular flexibility index (Phi) is 5.42. The summed E-state index contributed by atoms with van der Waals surface area (Å²) in [6.07, 6.45) is 1.53. The zero-order valence-electron chi connectivity index (χ0n) is 15.9. The Bertz CT molecular complexity index is 652. The molecule has 2 amide bonds. The second-order valence-corrected chi connectivity index (χ2v) is 8.13. The second kappa shape index (κ2) is 7.04. The fourth-order valence-electron chi connectivity index (χ4n) is 3.77. The maximum atomic E-state index is 12.3. The van der Waals surface area contributed by atoms with E-state index in [0.29, 0.717) is 11.4 Å². The van der Waals surface area contributed by atoms with Gasteiger partial charge in [0.15, 0.2) is 0 Å². The summed E-state index contributed by atoms with van der Waals surface area (Å²) in [5.74, 6) is -0.781. The molecule has 2 rings (SSSR count). The molecular weight excluding hydrogens is 318 g/mol. The Hall–Kier alpha value is -2.08. The number of carbonyl (C=O) groups excluding carboxylic acids is 2. The Morgan fingerprint density at radius 3 is 2.28 bits per heavy atom. The van der Waals surface area contributed by atoms with Crippen molar-refractivity contribution >= 4 is 17.5 Å². The number of methoxy groups -OCH3 is 1. The standard InChI is InChI=1S/C19H29N3O3/c1-12-7-8-15(25-6)14(9-12)21-17(24)16(23)20-13-10-18(2,3)22-19(4,5)11-13/h7-9,13,22H,10-11H2,1-6H3,(H,20,23)(H,21,24). The molecule has 1 aliphatic heterocycles. The molecule has 6 nitrogen and oxygen atoms in total. The number of aryl methyl sites for hydroxylation is 1. The molecule has 3 N–H and O–H groups in total. The van der Waals surface area contributed by atoms with Crippen molar-refractivity contribution in [3.05, 3.63) is 23.8 Å². The summed E-state index contributed by atoms with van der Waals surface area (Å²) in [7, 11) is 1.53. The molecule has 0 spiro atoms. The smallest absolute Gasteiger partial charge is 0.313 e. The van der Waals surface area contributed by atoms with Crippen LogP contribution in [0.3, 0.4) is 0 Å². The van der Waals surface area contributed by atoms with E-state index in [4.69, 9.17) is 4.74 Å². The molecule has 0 aromatic heterocycles. The van der Waals surface area contributed by atoms with Gasteiger partial charge in [-0.2, -0.15) is 0 Å². The fourth-order valence-corrected chi connectivity index (χ4v) is 3.77. The second-order valence-electron chi connectivity index (χ2n) is 8.13. The SMILES string of the molecule is COc1ccc(C)cc1NC(=O)C(=O)NC1CC(C)(C)NC(C)(C)C1. The molecule has 6 heteroatoms. The highest BCUT2D eigenvalue weighted by Gasteiger charge is 2.38. The van der Waals surface area contributed by atoms with Gasteiger partial charge in [0.25, 0.3) is 0 Å². The van der Waals surface area contributed by atoms with Gasteiger partial charge in [0.2, 0.25) is 0 Å². The summed E-state index contributed by atoms with van der Waals surface area (Å²) in [5.41, 5.74) is 1.26. The van der Waals surface area contributed by atoms with Crippen LogP contribution in [0.1, 0.15) is 46.1 Å². The number of rotatable bonds is 3. The van der Waals surface area contributed by atoms with Crippen molar-refractivity contribution in [2.45, 2.75) is 64.6 Å². The number of ether oxygens (including phenoxy) is 1. The van der Waals surface area contributed by atoms with E-state index in [9.17, 15) is 9.59 Å². The monoisotopic (exact) mass is 347 g/mol. The van der Waals surface area contributed by atoms with Crippen LogP contribution >= 0.6 is 0 Å². The van der Waals surface area contributed by atoms with E-state index in [1.54, 1.807) is 12.1 Å². The minimum Gasteiger partial charge on any atom is -0.495 e. The third kappa shape index (κ3) is 5.19. The lowest BCUT2D eigenvalue weighted by molar-refractivity contribution is -0.137. The Morgan fingerprint density at radius 1 is 1.12 bits per heavy atom. The molecule has 1 aromatic carbocycles. The highest BCUT2D eigenvalue weighted by Crippen LogP contribution is 2.29. The first-order chi connectivity index (χ1) is 11.5. The lowest BCUT2D eigenvalue weighted by Crippen LogP contribution is -2.62. The van der Waals surface area contributed by atoms with E-state index in [-0.39, 0.29) is 17.1 Å². The summed E-state index contributed by atoms with van der Waals surface area (Å²) in [6, 6.07) is 5.37. The molecule has 138 valence electrons. The minimum atomic E-state index is -0.682. The van der Waals surface area contributed by atoms with Crippen LogP contribution in [0.4, 0.5) is 5.69 Å². The van der Waals surface area contributed by atoms with Gasteiger partial charge in [0.1, 0.15) is 5.75 Å². The van der Waals surface area contributed by atoms with Crippen LogP contribution in [0.25, 0.3) is 0 Å². The van der Waals surface area contributed by atoms with Crippen LogP contribution in [0.15, 0.2) is 18.2 Å². The van der Waals surface area contributed by atoms with E-state index < -0.39 is 11.8 Å². The Balaban J connectivity index is 2.03. The molecule has 0 saturated carbocycles. The number of nitrogens with one attached hydrogen (secondary N) is 3. The molecule has 0 atom stereocenters. The van der Waals surface area contributed by atoms with Gasteiger partial charge < -0.3 is 20.7 Å². The van der Waals surface area contributed by atoms with Crippen LogP contribution < -0.4 is 20.7 Å². The van der Waals surface area contributed by atoms with Gasteiger partial charge in [-0.15, -0.1) is 0 Å². The quantitative estimate of drug-likeness (QED) is 0.734. The predicted octanol–water partition coefficient (Wildman–Crippen LogP) is 2.37. The van der Waals surface area contributed by atoms with Gasteiger partial charge in [-0.25, -0.2) is 0 Å². The van der Waals surface area contributed by atoms with Gasteiger partial charge in [-0.3, -0.25) is 9.59 Å². The van der Waals surface area contributed by atoms with Crippen molar-refractivity contribution < 1.29 is 14.3 Å². The molecule has 25 heavy (non-hydrogen) atoms. The van der Waals surface area contributed by atoms with Crippen LogP contribution in [0.5, 0.6) is 5.75 Å². The molecule has 1 heterocycles. The van der Waals surface area contributed by atoms with Gasteiger partial charge in [-0.1, -0.05) is 6.07 Å². The highest BCUT2D eigenvalue weighted by atomic mass is 16.5. The molecule has 0 radical (unpaired) electrons. The van der Waals surface area contributed by atoms with Crippen molar-refractivity contribution in [2.24, 2.45) is 0 Å². The summed E-state index contributed by atoms with van der Waals surface area (Å²) < 4.78 is 5.23. The van der Waals surface area contributed by atoms with Crippen LogP contribution in [-0.4, -0.2) is 36.0 Å². The first-order valence-electron chi connectivity index (χ1n) is 8.57. The minimum absolute atomic E-state index is 0.0519. The normalized spacial score (nSPS) is 19.1. The van der Waals surface area contributed by atoms with Crippen molar-refractivity contribution in [3.8, 4) is 5.75 Å². The van der Waals surface area contributed by atoms with Crippen molar-refractivity contribution in [3.63, 3.8) is 0 Å². The summed E-state index contributed by atoms with van der Waals surface area (Å²) >= 11 is 0. The van der Waals surface area contributed by atoms with Crippen LogP contribution in [0, 0.1) is 6.92 Å². The third-order valence-corrected chi connectivity index (χ3v) is 4.33. The summed E-state index contributed by atoms with van der Waals surface area (Å²) in [4.78, 5) is 24.6. The molecular formula is C19H29N3O3. The molecule has 1 aromatic rings. The fraction of sp³-hybridized carbons (Fsp3) is 0.579. The topological polar surface area (TPSA) is 79.5 Å². The molecule has 1 saturated heterocycles. The largest absolute Gasteiger partial charge is 0.495 e. The number of carbonyl (C=O) groups is 2. The molecule has 0 bridgehead atoms. The lowest BCUT2D eigenvalue weighted by atomic mass is 9.79. The van der Waals surface area contributed by atoms with Gasteiger partial charge in [-0.05, 0) is 65.2 Å². The summed E-state index contributed by atoms with van der Waals surface area (Å²) in [5, 5.41) is 9.07. The number of hydrogen-bond acceptors (Lipinski definition) is 4. The van der Waals surface area contributed by atoms with E-state index in [1.807, 2.05) is 13.0 Å². The number of piperidine rings is 1. The van der Waals surface area contributed by atoms with E-state index in [1.165, 1.54) is 7.11 Å². The number of benzene rings is 1. The number of hydrogen-bond donors (Lipinski definition) is 3. The van der Waals surface area contributed by atoms with E-state index in [0.717, 1.165) is 18.4 Å². The summed E-state index contributed by atoms with van der Waals surface area (Å²) in [6.45, 7) is 10.3.